The van der Waals surface area contributed by atoms with Gasteiger partial charge in [-0.25, -0.2) is 13.8 Å². The molecule has 4 rings (SSSR count). The van der Waals surface area contributed by atoms with Crippen molar-refractivity contribution in [1.82, 2.24) is 9.97 Å². The van der Waals surface area contributed by atoms with Crippen LogP contribution in [0.25, 0.3) is 21.7 Å². The summed E-state index contributed by atoms with van der Waals surface area (Å²) in [5.41, 5.74) is 7.79. The van der Waals surface area contributed by atoms with Crippen molar-refractivity contribution in [2.24, 2.45) is 0 Å². The highest BCUT2D eigenvalue weighted by molar-refractivity contribution is 7.98. The minimum atomic E-state index is -0.909. The van der Waals surface area contributed by atoms with Crippen LogP contribution in [0, 0.1) is 11.6 Å². The van der Waals surface area contributed by atoms with Crippen molar-refractivity contribution in [3.63, 3.8) is 0 Å². The summed E-state index contributed by atoms with van der Waals surface area (Å²) in [6.45, 7) is 0. The minimum absolute atomic E-state index is 0.00941. The van der Waals surface area contributed by atoms with Crippen LogP contribution in [0.15, 0.2) is 69.9 Å². The van der Waals surface area contributed by atoms with E-state index in [1.807, 2.05) is 41.8 Å². The molecule has 29 heavy (non-hydrogen) atoms. The van der Waals surface area contributed by atoms with Crippen molar-refractivity contribution < 1.29 is 8.78 Å². The van der Waals surface area contributed by atoms with Crippen LogP contribution in [0.4, 0.5) is 14.5 Å². The van der Waals surface area contributed by atoms with Crippen LogP contribution in [0.1, 0.15) is 5.56 Å². The van der Waals surface area contributed by atoms with Gasteiger partial charge in [0.2, 0.25) is 0 Å². The molecule has 2 aromatic carbocycles. The van der Waals surface area contributed by atoms with E-state index in [-0.39, 0.29) is 22.2 Å². The molecule has 0 radical (unpaired) electrons. The SMILES string of the molecule is Nc1c(-c2ccc(-c3cccs3)cc2)nc(SCc2cccc(F)c2F)[nH]c1=O. The summed E-state index contributed by atoms with van der Waals surface area (Å²) in [5.74, 6) is -1.69. The normalized spacial score (nSPS) is 11.0. The Morgan fingerprint density at radius 1 is 1.03 bits per heavy atom. The molecule has 0 aliphatic rings. The fraction of sp³-hybridized carbons (Fsp3) is 0.0476. The van der Waals surface area contributed by atoms with E-state index in [4.69, 9.17) is 5.73 Å². The van der Waals surface area contributed by atoms with Gasteiger partial charge >= 0.3 is 0 Å². The largest absolute Gasteiger partial charge is 0.392 e. The van der Waals surface area contributed by atoms with Crippen molar-refractivity contribution in [3.8, 4) is 21.7 Å². The number of nitrogens with one attached hydrogen (secondary N) is 1. The summed E-state index contributed by atoms with van der Waals surface area (Å²) in [4.78, 5) is 20.4. The number of halogens is 2. The lowest BCUT2D eigenvalue weighted by molar-refractivity contribution is 0.502. The predicted molar refractivity (Wildman–Crippen MR) is 114 cm³/mol. The van der Waals surface area contributed by atoms with Crippen LogP contribution in [0.2, 0.25) is 0 Å². The monoisotopic (exact) mass is 427 g/mol. The lowest BCUT2D eigenvalue weighted by Crippen LogP contribution is -2.15. The van der Waals surface area contributed by atoms with Crippen LogP contribution in [0.3, 0.4) is 0 Å². The molecule has 0 unspecified atom stereocenters. The molecule has 2 aromatic heterocycles. The van der Waals surface area contributed by atoms with Gasteiger partial charge in [-0.3, -0.25) is 9.78 Å². The molecule has 0 amide bonds. The first-order valence-corrected chi connectivity index (χ1v) is 10.5. The zero-order valence-electron chi connectivity index (χ0n) is 15.0. The number of thioether (sulfide) groups is 1. The lowest BCUT2D eigenvalue weighted by Gasteiger charge is -2.09. The number of nitrogens with zero attached hydrogens (tertiary/aromatic N) is 1. The van der Waals surface area contributed by atoms with Gasteiger partial charge in [0.25, 0.3) is 5.56 Å². The second-order valence-electron chi connectivity index (χ2n) is 6.19. The zero-order valence-corrected chi connectivity index (χ0v) is 16.6. The van der Waals surface area contributed by atoms with Gasteiger partial charge in [-0.15, -0.1) is 11.3 Å². The fourth-order valence-electron chi connectivity index (χ4n) is 2.79. The molecule has 0 aliphatic heterocycles. The molecule has 8 heteroatoms. The van der Waals surface area contributed by atoms with E-state index >= 15 is 0 Å². The Morgan fingerprint density at radius 3 is 2.52 bits per heavy atom. The Kier molecular flexibility index (Phi) is 5.46. The quantitative estimate of drug-likeness (QED) is 0.334. The van der Waals surface area contributed by atoms with Gasteiger partial charge in [0.1, 0.15) is 11.4 Å². The van der Waals surface area contributed by atoms with E-state index in [2.05, 4.69) is 9.97 Å². The van der Waals surface area contributed by atoms with Crippen molar-refractivity contribution >= 4 is 28.8 Å². The van der Waals surface area contributed by atoms with E-state index in [9.17, 15) is 13.6 Å². The summed E-state index contributed by atoms with van der Waals surface area (Å²) < 4.78 is 27.2. The van der Waals surface area contributed by atoms with Crippen LogP contribution in [-0.2, 0) is 5.75 Å². The second-order valence-corrected chi connectivity index (χ2v) is 8.10. The number of hydrogen-bond acceptors (Lipinski definition) is 5. The maximum absolute atomic E-state index is 13.8. The van der Waals surface area contributed by atoms with E-state index in [1.165, 1.54) is 12.1 Å². The first-order chi connectivity index (χ1) is 14.0. The summed E-state index contributed by atoms with van der Waals surface area (Å²) >= 11 is 2.74. The summed E-state index contributed by atoms with van der Waals surface area (Å²) in [5, 5.41) is 2.29. The number of aromatic nitrogens is 2. The number of hydrogen-bond donors (Lipinski definition) is 2. The Hall–Kier alpha value is -2.97. The Bertz CT molecular complexity index is 1210. The van der Waals surface area contributed by atoms with Crippen LogP contribution in [0.5, 0.6) is 0 Å². The molecule has 2 heterocycles. The Morgan fingerprint density at radius 2 is 1.79 bits per heavy atom. The highest BCUT2D eigenvalue weighted by atomic mass is 32.2. The first kappa shape index (κ1) is 19.4. The summed E-state index contributed by atoms with van der Waals surface area (Å²) in [6.07, 6.45) is 0. The van der Waals surface area contributed by atoms with Gasteiger partial charge < -0.3 is 5.73 Å². The van der Waals surface area contributed by atoms with Crippen molar-refractivity contribution in [1.29, 1.82) is 0 Å². The maximum Gasteiger partial charge on any atom is 0.275 e. The van der Waals surface area contributed by atoms with Gasteiger partial charge in [0, 0.05) is 21.8 Å². The molecular formula is C21H15F2N3OS2. The molecule has 0 aliphatic carbocycles. The van der Waals surface area contributed by atoms with Gasteiger partial charge in [0.15, 0.2) is 16.8 Å². The molecule has 4 aromatic rings. The molecule has 0 spiro atoms. The Balaban J connectivity index is 1.62. The predicted octanol–water partition coefficient (Wildman–Crippen LogP) is 5.32. The maximum atomic E-state index is 13.8. The second kappa shape index (κ2) is 8.18. The molecule has 0 saturated carbocycles. The van der Waals surface area contributed by atoms with E-state index in [0.29, 0.717) is 11.3 Å². The number of thiophene rings is 1. The Labute approximate surface area is 173 Å². The molecule has 3 N–H and O–H groups in total. The zero-order chi connectivity index (χ0) is 20.4. The van der Waals surface area contributed by atoms with E-state index in [0.717, 1.165) is 28.3 Å². The molecule has 0 saturated heterocycles. The highest BCUT2D eigenvalue weighted by Crippen LogP contribution is 2.30. The van der Waals surface area contributed by atoms with Crippen molar-refractivity contribution in [3.05, 3.63) is 87.5 Å². The third-order valence-corrected chi connectivity index (χ3v) is 6.13. The van der Waals surface area contributed by atoms with E-state index in [1.54, 1.807) is 11.3 Å². The average Bonchev–Trinajstić information content (AvgIpc) is 3.26. The summed E-state index contributed by atoms with van der Waals surface area (Å²) in [6, 6.07) is 15.6. The van der Waals surface area contributed by atoms with Crippen molar-refractivity contribution in [2.45, 2.75) is 10.9 Å². The third-order valence-electron chi connectivity index (χ3n) is 4.29. The number of aromatic amines is 1. The molecular weight excluding hydrogens is 412 g/mol. The van der Waals surface area contributed by atoms with Gasteiger partial charge in [-0.05, 0) is 23.1 Å². The highest BCUT2D eigenvalue weighted by Gasteiger charge is 2.13. The number of rotatable bonds is 5. The van der Waals surface area contributed by atoms with Gasteiger partial charge in [0.05, 0.1) is 0 Å². The minimum Gasteiger partial charge on any atom is -0.392 e. The van der Waals surface area contributed by atoms with Crippen LogP contribution in [-0.4, -0.2) is 9.97 Å². The molecule has 0 bridgehead atoms. The third kappa shape index (κ3) is 4.08. The average molecular weight is 428 g/mol. The van der Waals surface area contributed by atoms with Crippen LogP contribution >= 0.6 is 23.1 Å². The number of anilines is 1. The number of benzene rings is 2. The molecule has 4 nitrogen and oxygen atoms in total. The number of nitrogen functional groups attached to an aromatic ring is 1. The van der Waals surface area contributed by atoms with Crippen LogP contribution < -0.4 is 11.3 Å². The standard InChI is InChI=1S/C21H15F2N3OS2/c22-15-4-1-3-14(17(15)23)11-29-21-25-19(18(24)20(27)26-21)13-8-6-12(7-9-13)16-5-2-10-28-16/h1-10H,11,24H2,(H,25,26,27). The smallest absolute Gasteiger partial charge is 0.275 e. The number of nitrogens with two attached hydrogens (primary N) is 1. The van der Waals surface area contributed by atoms with Crippen molar-refractivity contribution in [2.75, 3.05) is 5.73 Å². The van der Waals surface area contributed by atoms with E-state index < -0.39 is 17.2 Å². The molecule has 0 fully saturated rings. The summed E-state index contributed by atoms with van der Waals surface area (Å²) in [7, 11) is 0. The topological polar surface area (TPSA) is 71.8 Å². The first-order valence-electron chi connectivity index (χ1n) is 8.62. The lowest BCUT2D eigenvalue weighted by atomic mass is 10.1. The fourth-order valence-corrected chi connectivity index (χ4v) is 4.36. The number of H-pyrrole nitrogens is 1. The van der Waals surface area contributed by atoms with Gasteiger partial charge in [-0.2, -0.15) is 0 Å². The molecule has 146 valence electrons. The van der Waals surface area contributed by atoms with Gasteiger partial charge in [-0.1, -0.05) is 54.2 Å². The molecule has 0 atom stereocenters.